The predicted molar refractivity (Wildman–Crippen MR) is 56.6 cm³/mol. The third-order valence-electron chi connectivity index (χ3n) is 3.17. The monoisotopic (exact) mass is 193 g/mol. The second-order valence-electron chi connectivity index (χ2n) is 4.99. The molecule has 1 saturated carbocycles. The van der Waals surface area contributed by atoms with Gasteiger partial charge in [-0.25, -0.2) is 0 Å². The van der Waals surface area contributed by atoms with Crippen molar-refractivity contribution in [2.24, 2.45) is 5.41 Å². The lowest BCUT2D eigenvalue weighted by molar-refractivity contribution is 0.0393. The number of nitriles is 1. The highest BCUT2D eigenvalue weighted by molar-refractivity contribution is 5.25. The Morgan fingerprint density at radius 3 is 2.57 bits per heavy atom. The summed E-state index contributed by atoms with van der Waals surface area (Å²) >= 11 is 0. The summed E-state index contributed by atoms with van der Waals surface area (Å²) in [7, 11) is 0. The molecule has 1 rings (SSSR count). The molecule has 0 aromatic carbocycles. The van der Waals surface area contributed by atoms with Gasteiger partial charge in [0.15, 0.2) is 0 Å². The second-order valence-corrected chi connectivity index (χ2v) is 4.99. The van der Waals surface area contributed by atoms with Crippen LogP contribution >= 0.6 is 0 Å². The average molecular weight is 193 g/mol. The van der Waals surface area contributed by atoms with Crippen LogP contribution in [0.15, 0.2) is 11.6 Å². The fraction of sp³-hybridized carbons (Fsp3) is 0.750. The van der Waals surface area contributed by atoms with Crippen LogP contribution in [0, 0.1) is 16.7 Å². The summed E-state index contributed by atoms with van der Waals surface area (Å²) in [5, 5.41) is 18.8. The molecule has 0 aromatic rings. The molecule has 1 unspecified atom stereocenters. The highest BCUT2D eigenvalue weighted by Gasteiger charge is 2.39. The van der Waals surface area contributed by atoms with E-state index < -0.39 is 5.60 Å². The molecule has 1 fully saturated rings. The maximum Gasteiger partial charge on any atom is 0.0834 e. The standard InChI is InChI=1S/C12H19NO/c1-11(2)7-5-8-12(3,14)10(11)6-4-9-13/h6,14H,4-5,7-8H2,1-3H3/b10-6-. The summed E-state index contributed by atoms with van der Waals surface area (Å²) in [4.78, 5) is 0. The van der Waals surface area contributed by atoms with Crippen molar-refractivity contribution < 1.29 is 5.11 Å². The molecule has 78 valence electrons. The van der Waals surface area contributed by atoms with Crippen LogP contribution in [0.4, 0.5) is 0 Å². The van der Waals surface area contributed by atoms with Gasteiger partial charge in [-0.2, -0.15) is 5.26 Å². The number of hydrogen-bond donors (Lipinski definition) is 1. The summed E-state index contributed by atoms with van der Waals surface area (Å²) < 4.78 is 0. The van der Waals surface area contributed by atoms with Crippen molar-refractivity contribution in [2.75, 3.05) is 0 Å². The smallest absolute Gasteiger partial charge is 0.0834 e. The Morgan fingerprint density at radius 1 is 1.43 bits per heavy atom. The van der Waals surface area contributed by atoms with Gasteiger partial charge < -0.3 is 5.11 Å². The molecule has 1 aliphatic rings. The van der Waals surface area contributed by atoms with Crippen LogP contribution < -0.4 is 0 Å². The zero-order chi connectivity index (χ0) is 10.8. The number of aliphatic hydroxyl groups is 1. The van der Waals surface area contributed by atoms with E-state index in [4.69, 9.17) is 5.26 Å². The quantitative estimate of drug-likeness (QED) is 0.651. The van der Waals surface area contributed by atoms with Gasteiger partial charge in [-0.3, -0.25) is 0 Å². The molecule has 0 radical (unpaired) electrons. The molecule has 0 aliphatic heterocycles. The van der Waals surface area contributed by atoms with E-state index in [1.807, 2.05) is 13.0 Å². The molecule has 0 aromatic heterocycles. The van der Waals surface area contributed by atoms with Crippen molar-refractivity contribution in [3.63, 3.8) is 0 Å². The van der Waals surface area contributed by atoms with Gasteiger partial charge in [0.25, 0.3) is 0 Å². The van der Waals surface area contributed by atoms with Crippen LogP contribution in [-0.4, -0.2) is 10.7 Å². The van der Waals surface area contributed by atoms with E-state index in [0.717, 1.165) is 24.8 Å². The van der Waals surface area contributed by atoms with Gasteiger partial charge in [0.2, 0.25) is 0 Å². The number of rotatable bonds is 1. The molecule has 1 aliphatic carbocycles. The van der Waals surface area contributed by atoms with E-state index >= 15 is 0 Å². The van der Waals surface area contributed by atoms with Crippen LogP contribution in [0.1, 0.15) is 46.5 Å². The third kappa shape index (κ3) is 2.16. The Morgan fingerprint density at radius 2 is 2.07 bits per heavy atom. The first kappa shape index (κ1) is 11.3. The summed E-state index contributed by atoms with van der Waals surface area (Å²) in [5.74, 6) is 0. The van der Waals surface area contributed by atoms with E-state index in [-0.39, 0.29) is 5.41 Å². The van der Waals surface area contributed by atoms with Crippen LogP contribution in [0.25, 0.3) is 0 Å². The minimum atomic E-state index is -0.710. The first-order valence-corrected chi connectivity index (χ1v) is 5.20. The maximum absolute atomic E-state index is 10.2. The van der Waals surface area contributed by atoms with Crippen LogP contribution in [0.2, 0.25) is 0 Å². The van der Waals surface area contributed by atoms with Gasteiger partial charge in [-0.1, -0.05) is 19.9 Å². The fourth-order valence-electron chi connectivity index (χ4n) is 2.52. The Kier molecular flexibility index (Phi) is 3.01. The van der Waals surface area contributed by atoms with Crippen molar-refractivity contribution in [3.8, 4) is 6.07 Å². The Balaban J connectivity index is 2.98. The summed E-state index contributed by atoms with van der Waals surface area (Å²) in [6.45, 7) is 6.14. The van der Waals surface area contributed by atoms with Gasteiger partial charge in [0, 0.05) is 0 Å². The SMILES string of the molecule is CC1(C)CCCC(C)(O)/C1=C\CC#N. The summed E-state index contributed by atoms with van der Waals surface area (Å²) in [5.41, 5.74) is 0.370. The van der Waals surface area contributed by atoms with Crippen molar-refractivity contribution in [3.05, 3.63) is 11.6 Å². The Labute approximate surface area is 86.2 Å². The highest BCUT2D eigenvalue weighted by Crippen LogP contribution is 2.45. The van der Waals surface area contributed by atoms with Crippen molar-refractivity contribution in [1.82, 2.24) is 0 Å². The van der Waals surface area contributed by atoms with E-state index in [0.29, 0.717) is 6.42 Å². The molecule has 0 heterocycles. The average Bonchev–Trinajstić information content (AvgIpc) is 2.01. The van der Waals surface area contributed by atoms with Crippen LogP contribution in [0.3, 0.4) is 0 Å². The van der Waals surface area contributed by atoms with E-state index in [9.17, 15) is 5.11 Å². The lowest BCUT2D eigenvalue weighted by atomic mass is 9.66. The highest BCUT2D eigenvalue weighted by atomic mass is 16.3. The molecule has 0 bridgehead atoms. The number of hydrogen-bond acceptors (Lipinski definition) is 2. The molecule has 14 heavy (non-hydrogen) atoms. The lowest BCUT2D eigenvalue weighted by Crippen LogP contribution is -2.39. The molecule has 2 nitrogen and oxygen atoms in total. The molecule has 0 amide bonds. The van der Waals surface area contributed by atoms with Gasteiger partial charge in [0.05, 0.1) is 18.1 Å². The molecule has 1 N–H and O–H groups in total. The fourth-order valence-corrected chi connectivity index (χ4v) is 2.52. The minimum Gasteiger partial charge on any atom is -0.386 e. The minimum absolute atomic E-state index is 0.0403. The first-order chi connectivity index (χ1) is 6.40. The van der Waals surface area contributed by atoms with E-state index in [1.165, 1.54) is 0 Å². The first-order valence-electron chi connectivity index (χ1n) is 5.20. The molecule has 1 atom stereocenters. The molecule has 0 spiro atoms. The number of nitrogens with zero attached hydrogens (tertiary/aromatic N) is 1. The van der Waals surface area contributed by atoms with Crippen molar-refractivity contribution in [2.45, 2.75) is 52.1 Å². The van der Waals surface area contributed by atoms with Crippen molar-refractivity contribution in [1.29, 1.82) is 5.26 Å². The predicted octanol–water partition coefficient (Wildman–Crippen LogP) is 2.79. The van der Waals surface area contributed by atoms with Gasteiger partial charge >= 0.3 is 0 Å². The van der Waals surface area contributed by atoms with E-state index in [1.54, 1.807) is 0 Å². The maximum atomic E-state index is 10.2. The van der Waals surface area contributed by atoms with Crippen LogP contribution in [-0.2, 0) is 0 Å². The molecular formula is C12H19NO. The van der Waals surface area contributed by atoms with Crippen LogP contribution in [0.5, 0.6) is 0 Å². The summed E-state index contributed by atoms with van der Waals surface area (Å²) in [6.07, 6.45) is 5.27. The lowest BCUT2D eigenvalue weighted by Gasteiger charge is -2.42. The van der Waals surface area contributed by atoms with Gasteiger partial charge in [0.1, 0.15) is 0 Å². The van der Waals surface area contributed by atoms with Gasteiger partial charge in [-0.05, 0) is 37.2 Å². The zero-order valence-electron chi connectivity index (χ0n) is 9.30. The summed E-state index contributed by atoms with van der Waals surface area (Å²) in [6, 6.07) is 2.10. The zero-order valence-corrected chi connectivity index (χ0v) is 9.30. The third-order valence-corrected chi connectivity index (χ3v) is 3.17. The van der Waals surface area contributed by atoms with Crippen molar-refractivity contribution >= 4 is 0 Å². The molecule has 0 saturated heterocycles. The Bertz CT molecular complexity index is 263. The second kappa shape index (κ2) is 3.74. The van der Waals surface area contributed by atoms with E-state index in [2.05, 4.69) is 19.9 Å². The van der Waals surface area contributed by atoms with Gasteiger partial charge in [-0.15, -0.1) is 0 Å². The number of allylic oxidation sites excluding steroid dienone is 1. The normalized spacial score (nSPS) is 34.1. The molecule has 2 heteroatoms. The topological polar surface area (TPSA) is 44.0 Å². The molecular weight excluding hydrogens is 174 g/mol. The Hall–Kier alpha value is -0.810. The largest absolute Gasteiger partial charge is 0.386 e.